The number of thiophene rings is 1. The van der Waals surface area contributed by atoms with Gasteiger partial charge in [0, 0.05) is 36.4 Å². The van der Waals surface area contributed by atoms with Crippen molar-refractivity contribution in [3.05, 3.63) is 46.4 Å². The Morgan fingerprint density at radius 2 is 2.17 bits per heavy atom. The number of halogens is 1. The largest absolute Gasteiger partial charge is 0.302 e. The number of aromatic nitrogens is 2. The van der Waals surface area contributed by atoms with E-state index in [4.69, 9.17) is 11.6 Å². The van der Waals surface area contributed by atoms with Crippen molar-refractivity contribution >= 4 is 55.3 Å². The molecule has 1 N–H and O–H groups in total. The zero-order valence-electron chi connectivity index (χ0n) is 15.1. The number of sulfonamides is 1. The SMILES string of the molecule is O=C(Nc1nc(-c2cccnc2)cs1)C1CCCN(S(=O)(=O)c2ccc(Cl)s2)C1. The Hall–Kier alpha value is -1.85. The fourth-order valence-electron chi connectivity index (χ4n) is 3.12. The van der Waals surface area contributed by atoms with Crippen molar-refractivity contribution in [2.45, 2.75) is 17.1 Å². The van der Waals surface area contributed by atoms with Crippen LogP contribution in [0.25, 0.3) is 11.3 Å². The number of nitrogens with one attached hydrogen (secondary N) is 1. The average Bonchev–Trinajstić information content (AvgIpc) is 3.38. The summed E-state index contributed by atoms with van der Waals surface area (Å²) in [6.07, 6.45) is 4.64. The number of hydrogen-bond acceptors (Lipinski definition) is 7. The van der Waals surface area contributed by atoms with Gasteiger partial charge in [0.15, 0.2) is 5.13 Å². The quantitative estimate of drug-likeness (QED) is 0.611. The van der Waals surface area contributed by atoms with Crippen LogP contribution in [0.2, 0.25) is 4.34 Å². The van der Waals surface area contributed by atoms with Crippen LogP contribution in [-0.2, 0) is 14.8 Å². The standard InChI is InChI=1S/C18H17ClN4O3S3/c19-15-5-6-16(28-15)29(25,26)23-8-2-4-13(10-23)17(24)22-18-21-14(11-27-18)12-3-1-7-20-9-12/h1,3,5-7,9,11,13H,2,4,8,10H2,(H,21,22,24). The summed E-state index contributed by atoms with van der Waals surface area (Å²) >= 11 is 8.23. The van der Waals surface area contributed by atoms with Crippen LogP contribution in [0.5, 0.6) is 0 Å². The normalized spacial score (nSPS) is 17.9. The lowest BCUT2D eigenvalue weighted by atomic mass is 9.99. The predicted molar refractivity (Wildman–Crippen MR) is 115 cm³/mol. The maximum Gasteiger partial charge on any atom is 0.252 e. The summed E-state index contributed by atoms with van der Waals surface area (Å²) < 4.78 is 27.6. The van der Waals surface area contributed by atoms with E-state index in [1.54, 1.807) is 18.5 Å². The van der Waals surface area contributed by atoms with Gasteiger partial charge in [0.2, 0.25) is 5.91 Å². The van der Waals surface area contributed by atoms with E-state index in [2.05, 4.69) is 15.3 Å². The molecule has 1 unspecified atom stereocenters. The van der Waals surface area contributed by atoms with E-state index in [1.165, 1.54) is 21.7 Å². The molecule has 1 aliphatic rings. The number of anilines is 1. The number of hydrogen-bond donors (Lipinski definition) is 1. The Morgan fingerprint density at radius 1 is 1.31 bits per heavy atom. The number of amides is 1. The Labute approximate surface area is 181 Å². The van der Waals surface area contributed by atoms with Crippen molar-refractivity contribution in [1.29, 1.82) is 0 Å². The maximum absolute atomic E-state index is 12.8. The third-order valence-electron chi connectivity index (χ3n) is 4.59. The van der Waals surface area contributed by atoms with Gasteiger partial charge < -0.3 is 5.32 Å². The number of rotatable bonds is 5. The molecule has 4 heterocycles. The minimum absolute atomic E-state index is 0.143. The number of thiazole rings is 1. The third-order valence-corrected chi connectivity index (χ3v) is 8.91. The minimum Gasteiger partial charge on any atom is -0.302 e. The monoisotopic (exact) mass is 468 g/mol. The lowest BCUT2D eigenvalue weighted by Crippen LogP contribution is -2.43. The summed E-state index contributed by atoms with van der Waals surface area (Å²) in [6.45, 7) is 0.536. The molecule has 0 spiro atoms. The van der Waals surface area contributed by atoms with Gasteiger partial charge in [0.25, 0.3) is 10.0 Å². The molecule has 0 radical (unpaired) electrons. The van der Waals surface area contributed by atoms with Gasteiger partial charge in [0.05, 0.1) is 15.9 Å². The molecule has 4 rings (SSSR count). The van der Waals surface area contributed by atoms with Crippen LogP contribution >= 0.6 is 34.3 Å². The Kier molecular flexibility index (Phi) is 5.98. The molecule has 0 aliphatic carbocycles. The topological polar surface area (TPSA) is 92.3 Å². The van der Waals surface area contributed by atoms with Gasteiger partial charge in [-0.1, -0.05) is 11.6 Å². The molecule has 152 valence electrons. The summed E-state index contributed by atoms with van der Waals surface area (Å²) in [5, 5.41) is 5.16. The fourth-order valence-corrected chi connectivity index (χ4v) is 7.01. The van der Waals surface area contributed by atoms with Crippen LogP contribution in [0.15, 0.2) is 46.2 Å². The van der Waals surface area contributed by atoms with Crippen molar-refractivity contribution in [2.24, 2.45) is 5.92 Å². The molecular weight excluding hydrogens is 452 g/mol. The van der Waals surface area contributed by atoms with Crippen LogP contribution in [0.4, 0.5) is 5.13 Å². The lowest BCUT2D eigenvalue weighted by molar-refractivity contribution is -0.120. The van der Waals surface area contributed by atoms with Crippen molar-refractivity contribution in [3.63, 3.8) is 0 Å². The first-order valence-electron chi connectivity index (χ1n) is 8.86. The van der Waals surface area contributed by atoms with Crippen molar-refractivity contribution in [1.82, 2.24) is 14.3 Å². The fraction of sp³-hybridized carbons (Fsp3) is 0.278. The third kappa shape index (κ3) is 4.51. The van der Waals surface area contributed by atoms with E-state index in [9.17, 15) is 13.2 Å². The summed E-state index contributed by atoms with van der Waals surface area (Å²) in [7, 11) is -3.64. The lowest BCUT2D eigenvalue weighted by Gasteiger charge is -2.30. The number of carbonyl (C=O) groups excluding carboxylic acids is 1. The highest BCUT2D eigenvalue weighted by molar-refractivity contribution is 7.91. The Balaban J connectivity index is 1.44. The molecule has 7 nitrogen and oxygen atoms in total. The second-order valence-electron chi connectivity index (χ2n) is 6.53. The summed E-state index contributed by atoms with van der Waals surface area (Å²) in [6, 6.07) is 6.79. The van der Waals surface area contributed by atoms with Crippen molar-refractivity contribution in [2.75, 3.05) is 18.4 Å². The zero-order chi connectivity index (χ0) is 20.4. The first kappa shape index (κ1) is 20.4. The van der Waals surface area contributed by atoms with Crippen LogP contribution < -0.4 is 5.32 Å². The number of carbonyl (C=O) groups is 1. The molecule has 0 aromatic carbocycles. The van der Waals surface area contributed by atoms with Crippen LogP contribution in [0.1, 0.15) is 12.8 Å². The van der Waals surface area contributed by atoms with E-state index in [0.717, 1.165) is 22.6 Å². The Morgan fingerprint density at radius 3 is 2.90 bits per heavy atom. The highest BCUT2D eigenvalue weighted by Gasteiger charge is 2.34. The molecular formula is C18H17ClN4O3S3. The van der Waals surface area contributed by atoms with Gasteiger partial charge in [-0.25, -0.2) is 13.4 Å². The van der Waals surface area contributed by atoms with Crippen LogP contribution in [0, 0.1) is 5.92 Å². The van der Waals surface area contributed by atoms with E-state index >= 15 is 0 Å². The summed E-state index contributed by atoms with van der Waals surface area (Å²) in [5.41, 5.74) is 1.61. The molecule has 1 saturated heterocycles. The summed E-state index contributed by atoms with van der Waals surface area (Å²) in [4.78, 5) is 21.2. The van der Waals surface area contributed by atoms with Gasteiger partial charge in [-0.05, 0) is 37.1 Å². The van der Waals surface area contributed by atoms with Crippen LogP contribution in [0.3, 0.4) is 0 Å². The van der Waals surface area contributed by atoms with Crippen molar-refractivity contribution < 1.29 is 13.2 Å². The van der Waals surface area contributed by atoms with Crippen LogP contribution in [-0.4, -0.2) is 41.7 Å². The molecule has 1 atom stereocenters. The molecule has 29 heavy (non-hydrogen) atoms. The zero-order valence-corrected chi connectivity index (χ0v) is 18.3. The molecule has 0 saturated carbocycles. The van der Waals surface area contributed by atoms with Crippen molar-refractivity contribution in [3.8, 4) is 11.3 Å². The predicted octanol–water partition coefficient (Wildman–Crippen LogP) is 3.96. The first-order chi connectivity index (χ1) is 13.9. The van der Waals surface area contributed by atoms with Gasteiger partial charge >= 0.3 is 0 Å². The summed E-state index contributed by atoms with van der Waals surface area (Å²) in [5.74, 6) is -0.652. The van der Waals surface area contributed by atoms with Gasteiger partial charge in [0.1, 0.15) is 4.21 Å². The number of pyridine rings is 1. The molecule has 1 aliphatic heterocycles. The maximum atomic E-state index is 12.8. The molecule has 1 amide bonds. The first-order valence-corrected chi connectivity index (χ1v) is 12.4. The van der Waals surface area contributed by atoms with Gasteiger partial charge in [-0.15, -0.1) is 22.7 Å². The van der Waals surface area contributed by atoms with E-state index in [0.29, 0.717) is 28.9 Å². The minimum atomic E-state index is -3.64. The van der Waals surface area contributed by atoms with Gasteiger partial charge in [-0.2, -0.15) is 4.31 Å². The van der Waals surface area contributed by atoms with E-state index in [1.807, 2.05) is 17.5 Å². The smallest absolute Gasteiger partial charge is 0.252 e. The highest BCUT2D eigenvalue weighted by atomic mass is 35.5. The van der Waals surface area contributed by atoms with E-state index < -0.39 is 15.9 Å². The molecule has 1 fully saturated rings. The number of piperidine rings is 1. The molecule has 3 aromatic rings. The molecule has 0 bridgehead atoms. The van der Waals surface area contributed by atoms with E-state index in [-0.39, 0.29) is 16.7 Å². The molecule has 11 heteroatoms. The average molecular weight is 469 g/mol. The second kappa shape index (κ2) is 8.49. The van der Waals surface area contributed by atoms with Gasteiger partial charge in [-0.3, -0.25) is 9.78 Å². The molecule has 3 aromatic heterocycles. The Bertz CT molecular complexity index is 1110. The highest BCUT2D eigenvalue weighted by Crippen LogP contribution is 2.31. The number of nitrogens with zero attached hydrogens (tertiary/aromatic N) is 3. The second-order valence-corrected chi connectivity index (χ2v) is 11.3.